The summed E-state index contributed by atoms with van der Waals surface area (Å²) in [7, 11) is 0. The third kappa shape index (κ3) is 1.79. The van der Waals surface area contributed by atoms with Crippen molar-refractivity contribution in [1.82, 2.24) is 9.97 Å². The van der Waals surface area contributed by atoms with Gasteiger partial charge >= 0.3 is 0 Å². The first kappa shape index (κ1) is 10.3. The number of fused-ring (bicyclic) bond motifs is 1. The number of anilines is 1. The third-order valence-corrected chi connectivity index (χ3v) is 3.29. The predicted molar refractivity (Wildman–Crippen MR) is 64.3 cm³/mol. The van der Waals surface area contributed by atoms with Crippen LogP contribution in [-0.4, -0.2) is 16.0 Å². The molecule has 4 heteroatoms. The summed E-state index contributed by atoms with van der Waals surface area (Å²) >= 11 is 0. The van der Waals surface area contributed by atoms with Crippen molar-refractivity contribution in [3.05, 3.63) is 47.8 Å². The number of hydrogen-bond acceptors (Lipinski definition) is 2. The molecule has 0 amide bonds. The molecule has 0 radical (unpaired) electrons. The van der Waals surface area contributed by atoms with Gasteiger partial charge in [-0.05, 0) is 37.1 Å². The lowest BCUT2D eigenvalue weighted by Crippen LogP contribution is -2.28. The Balaban J connectivity index is 1.91. The maximum absolute atomic E-state index is 13.2. The average molecular weight is 231 g/mol. The molecular formula is C13H14FN3. The molecule has 0 bridgehead atoms. The molecule has 2 heterocycles. The second-order valence-corrected chi connectivity index (χ2v) is 4.53. The molecule has 0 saturated carbocycles. The van der Waals surface area contributed by atoms with Crippen molar-refractivity contribution in [2.75, 3.05) is 4.90 Å². The van der Waals surface area contributed by atoms with E-state index in [9.17, 15) is 4.39 Å². The van der Waals surface area contributed by atoms with Gasteiger partial charge in [-0.1, -0.05) is 0 Å². The molecule has 1 atom stereocenters. The van der Waals surface area contributed by atoms with Crippen LogP contribution in [0.25, 0.3) is 0 Å². The lowest BCUT2D eigenvalue weighted by molar-refractivity contribution is 0.626. The fourth-order valence-corrected chi connectivity index (χ4v) is 2.46. The summed E-state index contributed by atoms with van der Waals surface area (Å²) in [6, 6.07) is 5.43. The van der Waals surface area contributed by atoms with Gasteiger partial charge in [0.05, 0.1) is 18.6 Å². The molecule has 0 saturated heterocycles. The van der Waals surface area contributed by atoms with Crippen molar-refractivity contribution >= 4 is 5.69 Å². The second kappa shape index (κ2) is 3.87. The van der Waals surface area contributed by atoms with E-state index in [-0.39, 0.29) is 5.82 Å². The van der Waals surface area contributed by atoms with E-state index in [1.54, 1.807) is 12.4 Å². The molecule has 17 heavy (non-hydrogen) atoms. The van der Waals surface area contributed by atoms with Gasteiger partial charge in [-0.15, -0.1) is 0 Å². The topological polar surface area (TPSA) is 31.9 Å². The van der Waals surface area contributed by atoms with E-state index in [2.05, 4.69) is 21.8 Å². The monoisotopic (exact) mass is 231 g/mol. The van der Waals surface area contributed by atoms with Gasteiger partial charge in [0.25, 0.3) is 0 Å². The predicted octanol–water partition coefficient (Wildman–Crippen LogP) is 2.50. The number of aromatic amines is 1. The van der Waals surface area contributed by atoms with Crippen LogP contribution in [0.3, 0.4) is 0 Å². The van der Waals surface area contributed by atoms with Gasteiger partial charge in [0.2, 0.25) is 0 Å². The van der Waals surface area contributed by atoms with Gasteiger partial charge in [-0.2, -0.15) is 0 Å². The van der Waals surface area contributed by atoms with Crippen molar-refractivity contribution in [1.29, 1.82) is 0 Å². The Morgan fingerprint density at radius 3 is 3.18 bits per heavy atom. The molecule has 0 aliphatic carbocycles. The van der Waals surface area contributed by atoms with Crippen LogP contribution in [0, 0.1) is 5.82 Å². The van der Waals surface area contributed by atoms with Gasteiger partial charge in [-0.25, -0.2) is 9.37 Å². The SMILES string of the molecule is CC1Cc2cc(F)ccc2N1Cc1cnc[nH]1. The molecule has 3 rings (SSSR count). The number of rotatable bonds is 2. The zero-order valence-electron chi connectivity index (χ0n) is 9.65. The maximum atomic E-state index is 13.2. The molecule has 1 aromatic heterocycles. The van der Waals surface area contributed by atoms with Crippen LogP contribution >= 0.6 is 0 Å². The van der Waals surface area contributed by atoms with Gasteiger partial charge in [-0.3, -0.25) is 0 Å². The fourth-order valence-electron chi connectivity index (χ4n) is 2.46. The minimum atomic E-state index is -0.153. The van der Waals surface area contributed by atoms with Gasteiger partial charge < -0.3 is 9.88 Å². The van der Waals surface area contributed by atoms with E-state index in [1.807, 2.05) is 12.3 Å². The Kier molecular flexibility index (Phi) is 2.35. The fraction of sp³-hybridized carbons (Fsp3) is 0.308. The quantitative estimate of drug-likeness (QED) is 0.861. The highest BCUT2D eigenvalue weighted by molar-refractivity contribution is 5.59. The summed E-state index contributed by atoms with van der Waals surface area (Å²) in [5.41, 5.74) is 3.31. The molecule has 1 unspecified atom stereocenters. The lowest BCUT2D eigenvalue weighted by Gasteiger charge is -2.24. The van der Waals surface area contributed by atoms with Gasteiger partial charge in [0, 0.05) is 17.9 Å². The van der Waals surface area contributed by atoms with E-state index in [1.165, 1.54) is 6.07 Å². The van der Waals surface area contributed by atoms with E-state index < -0.39 is 0 Å². The van der Waals surface area contributed by atoms with E-state index in [0.29, 0.717) is 6.04 Å². The zero-order valence-corrected chi connectivity index (χ0v) is 9.65. The highest BCUT2D eigenvalue weighted by Gasteiger charge is 2.26. The van der Waals surface area contributed by atoms with Crippen molar-refractivity contribution in [2.45, 2.75) is 25.9 Å². The molecule has 88 valence electrons. The molecule has 3 nitrogen and oxygen atoms in total. The Labute approximate surface area is 99.3 Å². The molecule has 1 aromatic carbocycles. The largest absolute Gasteiger partial charge is 0.362 e. The zero-order chi connectivity index (χ0) is 11.8. The molecule has 1 aliphatic rings. The molecule has 1 N–H and O–H groups in total. The van der Waals surface area contributed by atoms with Gasteiger partial charge in [0.1, 0.15) is 5.82 Å². The van der Waals surface area contributed by atoms with Crippen LogP contribution in [0.4, 0.5) is 10.1 Å². The summed E-state index contributed by atoms with van der Waals surface area (Å²) in [5, 5.41) is 0. The van der Waals surface area contributed by atoms with Crippen molar-refractivity contribution in [3.8, 4) is 0 Å². The maximum Gasteiger partial charge on any atom is 0.123 e. The minimum absolute atomic E-state index is 0.153. The summed E-state index contributed by atoms with van der Waals surface area (Å²) in [6.45, 7) is 2.95. The number of H-pyrrole nitrogens is 1. The number of benzene rings is 1. The van der Waals surface area contributed by atoms with Crippen LogP contribution in [0.1, 0.15) is 18.2 Å². The average Bonchev–Trinajstić information content (AvgIpc) is 2.88. The molecule has 0 fully saturated rings. The van der Waals surface area contributed by atoms with Crippen molar-refractivity contribution in [2.24, 2.45) is 0 Å². The smallest absolute Gasteiger partial charge is 0.123 e. The Morgan fingerprint density at radius 2 is 2.41 bits per heavy atom. The van der Waals surface area contributed by atoms with Crippen molar-refractivity contribution in [3.63, 3.8) is 0 Å². The van der Waals surface area contributed by atoms with Gasteiger partial charge in [0.15, 0.2) is 0 Å². The highest BCUT2D eigenvalue weighted by atomic mass is 19.1. The van der Waals surface area contributed by atoms with Crippen LogP contribution < -0.4 is 4.90 Å². The summed E-state index contributed by atoms with van der Waals surface area (Å²) < 4.78 is 13.2. The number of imidazole rings is 1. The number of nitrogens with zero attached hydrogens (tertiary/aromatic N) is 2. The lowest BCUT2D eigenvalue weighted by atomic mass is 10.1. The minimum Gasteiger partial charge on any atom is -0.362 e. The summed E-state index contributed by atoms with van der Waals surface area (Å²) in [5.74, 6) is -0.153. The third-order valence-electron chi connectivity index (χ3n) is 3.29. The normalized spacial score (nSPS) is 18.5. The first-order valence-electron chi connectivity index (χ1n) is 5.76. The first-order chi connectivity index (χ1) is 8.24. The van der Waals surface area contributed by atoms with E-state index in [0.717, 1.165) is 29.9 Å². The standard InChI is InChI=1S/C13H14FN3/c1-9-4-10-5-11(14)2-3-13(10)17(9)7-12-6-15-8-16-12/h2-3,5-6,8-9H,4,7H2,1H3,(H,15,16). The summed E-state index contributed by atoms with van der Waals surface area (Å²) in [4.78, 5) is 9.40. The molecule has 1 aliphatic heterocycles. The van der Waals surface area contributed by atoms with Crippen LogP contribution in [-0.2, 0) is 13.0 Å². The highest BCUT2D eigenvalue weighted by Crippen LogP contribution is 2.33. The molecule has 2 aromatic rings. The Morgan fingerprint density at radius 1 is 1.53 bits per heavy atom. The molecule has 0 spiro atoms. The number of halogens is 1. The van der Waals surface area contributed by atoms with Crippen LogP contribution in [0.5, 0.6) is 0 Å². The van der Waals surface area contributed by atoms with Crippen LogP contribution in [0.15, 0.2) is 30.7 Å². The van der Waals surface area contributed by atoms with Crippen molar-refractivity contribution < 1.29 is 4.39 Å². The number of hydrogen-bond donors (Lipinski definition) is 1. The van der Waals surface area contributed by atoms with Crippen LogP contribution in [0.2, 0.25) is 0 Å². The second-order valence-electron chi connectivity index (χ2n) is 4.53. The van der Waals surface area contributed by atoms with E-state index in [4.69, 9.17) is 0 Å². The Bertz CT molecular complexity index is 521. The number of nitrogens with one attached hydrogen (secondary N) is 1. The number of aromatic nitrogens is 2. The summed E-state index contributed by atoms with van der Waals surface area (Å²) in [6.07, 6.45) is 4.41. The Hall–Kier alpha value is -1.84. The molecular weight excluding hydrogens is 217 g/mol. The first-order valence-corrected chi connectivity index (χ1v) is 5.76. The van der Waals surface area contributed by atoms with E-state index >= 15 is 0 Å².